The zero-order valence-corrected chi connectivity index (χ0v) is 18.6. The highest BCUT2D eigenvalue weighted by molar-refractivity contribution is 5.41. The molecule has 0 saturated carbocycles. The van der Waals surface area contributed by atoms with E-state index < -0.39 is 5.60 Å². The molecule has 3 heterocycles. The molecule has 0 radical (unpaired) electrons. The molecule has 30 heavy (non-hydrogen) atoms. The number of methoxy groups -OCH3 is 1. The van der Waals surface area contributed by atoms with Gasteiger partial charge in [0.1, 0.15) is 12.2 Å². The molecule has 4 rings (SSSR count). The molecule has 1 fully saturated rings. The summed E-state index contributed by atoms with van der Waals surface area (Å²) in [5.74, 6) is 3.01. The highest BCUT2D eigenvalue weighted by Crippen LogP contribution is 2.37. The maximum atomic E-state index is 6.24. The number of nitrogens with zero attached hydrogens (tertiary/aromatic N) is 4. The first-order chi connectivity index (χ1) is 14.3. The summed E-state index contributed by atoms with van der Waals surface area (Å²) in [5, 5.41) is 9.09. The number of hydrogen-bond donors (Lipinski definition) is 0. The van der Waals surface area contributed by atoms with Crippen LogP contribution in [0.5, 0.6) is 11.5 Å². The minimum Gasteiger partial charge on any atom is -0.485 e. The van der Waals surface area contributed by atoms with Crippen LogP contribution in [0, 0.1) is 5.41 Å². The molecule has 1 saturated heterocycles. The van der Waals surface area contributed by atoms with E-state index in [1.54, 1.807) is 7.11 Å². The summed E-state index contributed by atoms with van der Waals surface area (Å²) in [6.45, 7) is 9.69. The molecule has 2 unspecified atom stereocenters. The molecule has 0 aliphatic carbocycles. The molecule has 164 valence electrons. The third-order valence-corrected chi connectivity index (χ3v) is 5.56. The van der Waals surface area contributed by atoms with Crippen molar-refractivity contribution in [2.24, 2.45) is 5.41 Å². The van der Waals surface area contributed by atoms with E-state index in [-0.39, 0.29) is 11.5 Å². The van der Waals surface area contributed by atoms with Crippen molar-refractivity contribution in [2.75, 3.05) is 45.4 Å². The quantitative estimate of drug-likeness (QED) is 0.717. The summed E-state index contributed by atoms with van der Waals surface area (Å²) in [5.41, 5.74) is -0.285. The fourth-order valence-electron chi connectivity index (χ4n) is 4.13. The summed E-state index contributed by atoms with van der Waals surface area (Å²) >= 11 is 0. The molecule has 2 aromatic rings. The lowest BCUT2D eigenvalue weighted by Crippen LogP contribution is -2.40. The van der Waals surface area contributed by atoms with Crippen LogP contribution in [0.3, 0.4) is 0 Å². The van der Waals surface area contributed by atoms with Gasteiger partial charge >= 0.3 is 0 Å². The molecule has 2 aliphatic rings. The molecule has 8 nitrogen and oxygen atoms in total. The zero-order chi connectivity index (χ0) is 21.4. The summed E-state index contributed by atoms with van der Waals surface area (Å²) in [4.78, 5) is 2.15. The minimum absolute atomic E-state index is 0.116. The third kappa shape index (κ3) is 4.25. The third-order valence-electron chi connectivity index (χ3n) is 5.56. The second-order valence-corrected chi connectivity index (χ2v) is 9.42. The van der Waals surface area contributed by atoms with Crippen molar-refractivity contribution in [2.45, 2.75) is 45.4 Å². The predicted molar refractivity (Wildman–Crippen MR) is 113 cm³/mol. The molecule has 0 amide bonds. The Labute approximate surface area is 178 Å². The van der Waals surface area contributed by atoms with Crippen LogP contribution in [-0.2, 0) is 16.0 Å². The normalized spacial score (nSPS) is 23.6. The molecular formula is C22H32N4O4. The van der Waals surface area contributed by atoms with Crippen molar-refractivity contribution in [1.29, 1.82) is 0 Å². The van der Waals surface area contributed by atoms with E-state index in [4.69, 9.17) is 18.9 Å². The standard InChI is InChI=1S/C22H32N4O4/c1-21(2,3)13-25(4)20-24-23-19(26(20)14-22(27-5)10-11-28-15-22)18-12-29-16-8-6-7-9-17(16)30-18/h6-9,18H,10-15H2,1-5H3. The lowest BCUT2D eigenvalue weighted by Gasteiger charge is -2.32. The van der Waals surface area contributed by atoms with E-state index in [0.717, 1.165) is 36.2 Å². The molecule has 0 spiro atoms. The molecule has 2 atom stereocenters. The molecular weight excluding hydrogens is 384 g/mol. The number of para-hydroxylation sites is 2. The SMILES string of the molecule is COC1(Cn2c(C3COc4ccccc4O3)nnc2N(C)CC(C)(C)C)CCOC1. The first-order valence-corrected chi connectivity index (χ1v) is 10.5. The Hall–Kier alpha value is -2.32. The van der Waals surface area contributed by atoms with Crippen molar-refractivity contribution in [3.63, 3.8) is 0 Å². The van der Waals surface area contributed by atoms with E-state index >= 15 is 0 Å². The number of ether oxygens (including phenoxy) is 4. The Kier molecular flexibility index (Phi) is 5.63. The van der Waals surface area contributed by atoms with E-state index in [2.05, 4.69) is 40.4 Å². The molecule has 0 N–H and O–H groups in total. The van der Waals surface area contributed by atoms with E-state index in [0.29, 0.717) is 26.4 Å². The van der Waals surface area contributed by atoms with Gasteiger partial charge in [-0.05, 0) is 17.5 Å². The average Bonchev–Trinajstić information content (AvgIpc) is 3.34. The van der Waals surface area contributed by atoms with E-state index in [1.165, 1.54) is 0 Å². The molecule has 0 bridgehead atoms. The lowest BCUT2D eigenvalue weighted by molar-refractivity contribution is -0.0313. The van der Waals surface area contributed by atoms with Crippen LogP contribution in [0.1, 0.15) is 39.1 Å². The molecule has 1 aromatic heterocycles. The second kappa shape index (κ2) is 8.07. The van der Waals surface area contributed by atoms with Crippen molar-refractivity contribution in [3.05, 3.63) is 30.1 Å². The van der Waals surface area contributed by atoms with Gasteiger partial charge in [-0.1, -0.05) is 32.9 Å². The molecule has 8 heteroatoms. The first-order valence-electron chi connectivity index (χ1n) is 10.5. The van der Waals surface area contributed by atoms with Gasteiger partial charge in [0.15, 0.2) is 23.4 Å². The van der Waals surface area contributed by atoms with Crippen LogP contribution in [0.2, 0.25) is 0 Å². The Morgan fingerprint density at radius 2 is 2.00 bits per heavy atom. The van der Waals surface area contributed by atoms with Crippen LogP contribution in [-0.4, -0.2) is 60.9 Å². The number of rotatable bonds is 6. The lowest BCUT2D eigenvalue weighted by atomic mass is 9.96. The van der Waals surface area contributed by atoms with Crippen LogP contribution < -0.4 is 14.4 Å². The smallest absolute Gasteiger partial charge is 0.227 e. The van der Waals surface area contributed by atoms with Gasteiger partial charge in [0, 0.05) is 33.7 Å². The number of aromatic nitrogens is 3. The highest BCUT2D eigenvalue weighted by atomic mass is 16.6. The summed E-state index contributed by atoms with van der Waals surface area (Å²) in [7, 11) is 3.79. The van der Waals surface area contributed by atoms with E-state index in [9.17, 15) is 0 Å². The Morgan fingerprint density at radius 3 is 2.67 bits per heavy atom. The van der Waals surface area contributed by atoms with Crippen LogP contribution in [0.25, 0.3) is 0 Å². The maximum Gasteiger partial charge on any atom is 0.227 e. The number of hydrogen-bond acceptors (Lipinski definition) is 7. The summed E-state index contributed by atoms with van der Waals surface area (Å²) < 4.78 is 25.9. The van der Waals surface area contributed by atoms with Crippen molar-refractivity contribution < 1.29 is 18.9 Å². The molecule has 1 aromatic carbocycles. The summed E-state index contributed by atoms with van der Waals surface area (Å²) in [6, 6.07) is 7.70. The number of anilines is 1. The van der Waals surface area contributed by atoms with Gasteiger partial charge in [0.25, 0.3) is 0 Å². The number of fused-ring (bicyclic) bond motifs is 1. The minimum atomic E-state index is -0.401. The predicted octanol–water partition coefficient (Wildman–Crippen LogP) is 3.08. The Morgan fingerprint density at radius 1 is 1.23 bits per heavy atom. The van der Waals surface area contributed by atoms with Gasteiger partial charge in [-0.25, -0.2) is 0 Å². The second-order valence-electron chi connectivity index (χ2n) is 9.42. The van der Waals surface area contributed by atoms with Crippen molar-refractivity contribution >= 4 is 5.95 Å². The first kappa shape index (κ1) is 20.9. The number of benzene rings is 1. The largest absolute Gasteiger partial charge is 0.485 e. The van der Waals surface area contributed by atoms with Gasteiger partial charge in [-0.15, -0.1) is 10.2 Å². The van der Waals surface area contributed by atoms with Crippen LogP contribution >= 0.6 is 0 Å². The Balaban J connectivity index is 1.68. The van der Waals surface area contributed by atoms with Crippen molar-refractivity contribution in [1.82, 2.24) is 14.8 Å². The topological polar surface area (TPSA) is 70.9 Å². The maximum absolute atomic E-state index is 6.24. The fraction of sp³-hybridized carbons (Fsp3) is 0.636. The fourth-order valence-corrected chi connectivity index (χ4v) is 4.13. The highest BCUT2D eigenvalue weighted by Gasteiger charge is 2.39. The van der Waals surface area contributed by atoms with Gasteiger partial charge in [0.2, 0.25) is 5.95 Å². The van der Waals surface area contributed by atoms with Crippen LogP contribution in [0.4, 0.5) is 5.95 Å². The van der Waals surface area contributed by atoms with Gasteiger partial charge in [0.05, 0.1) is 13.2 Å². The van der Waals surface area contributed by atoms with Gasteiger partial charge < -0.3 is 23.8 Å². The van der Waals surface area contributed by atoms with E-state index in [1.807, 2.05) is 31.3 Å². The van der Waals surface area contributed by atoms with Gasteiger partial charge in [-0.2, -0.15) is 0 Å². The van der Waals surface area contributed by atoms with Crippen molar-refractivity contribution in [3.8, 4) is 11.5 Å². The monoisotopic (exact) mass is 416 g/mol. The molecule has 2 aliphatic heterocycles. The Bertz CT molecular complexity index is 870. The summed E-state index contributed by atoms with van der Waals surface area (Å²) in [6.07, 6.45) is 0.481. The van der Waals surface area contributed by atoms with Gasteiger partial charge in [-0.3, -0.25) is 4.57 Å². The van der Waals surface area contributed by atoms with Crippen LogP contribution in [0.15, 0.2) is 24.3 Å². The zero-order valence-electron chi connectivity index (χ0n) is 18.6. The average molecular weight is 417 g/mol.